The maximum Gasteiger partial charge on any atom is 0.213 e. The lowest BCUT2D eigenvalue weighted by atomic mass is 10.3. The smallest absolute Gasteiger partial charge is 0.213 e. The molecule has 2 aromatic heterocycles. The van der Waals surface area contributed by atoms with Crippen LogP contribution in [-0.2, 0) is 0 Å². The molecular weight excluding hydrogens is 214 g/mol. The molecular formula is C10H8ClN3O. The lowest BCUT2D eigenvalue weighted by Gasteiger charge is -2.03. The summed E-state index contributed by atoms with van der Waals surface area (Å²) < 4.78 is 5.01. The van der Waals surface area contributed by atoms with Crippen molar-refractivity contribution in [3.8, 4) is 17.3 Å². The van der Waals surface area contributed by atoms with Gasteiger partial charge in [0.25, 0.3) is 0 Å². The SMILES string of the molecule is COc1cccc(-c2nccnc2Cl)n1. The molecule has 0 saturated carbocycles. The van der Waals surface area contributed by atoms with Crippen LogP contribution >= 0.6 is 11.6 Å². The Labute approximate surface area is 91.9 Å². The Bertz CT molecular complexity index is 476. The van der Waals surface area contributed by atoms with Gasteiger partial charge in [0.2, 0.25) is 5.88 Å². The first-order valence-corrected chi connectivity index (χ1v) is 4.67. The Morgan fingerprint density at radius 2 is 2.00 bits per heavy atom. The van der Waals surface area contributed by atoms with Gasteiger partial charge in [-0.15, -0.1) is 0 Å². The van der Waals surface area contributed by atoms with E-state index in [0.29, 0.717) is 22.4 Å². The van der Waals surface area contributed by atoms with Gasteiger partial charge in [-0.3, -0.25) is 0 Å². The Morgan fingerprint density at radius 3 is 2.73 bits per heavy atom. The van der Waals surface area contributed by atoms with Gasteiger partial charge in [-0.2, -0.15) is 0 Å². The molecule has 0 radical (unpaired) electrons. The van der Waals surface area contributed by atoms with E-state index in [2.05, 4.69) is 15.0 Å². The molecule has 76 valence electrons. The third kappa shape index (κ3) is 2.05. The van der Waals surface area contributed by atoms with Crippen molar-refractivity contribution in [3.63, 3.8) is 0 Å². The van der Waals surface area contributed by atoms with Crippen molar-refractivity contribution < 1.29 is 4.74 Å². The van der Waals surface area contributed by atoms with Crippen molar-refractivity contribution in [2.45, 2.75) is 0 Å². The van der Waals surface area contributed by atoms with Crippen LogP contribution in [0.3, 0.4) is 0 Å². The van der Waals surface area contributed by atoms with Gasteiger partial charge in [0.05, 0.1) is 12.8 Å². The lowest BCUT2D eigenvalue weighted by Crippen LogP contribution is -1.93. The summed E-state index contributed by atoms with van der Waals surface area (Å²) >= 11 is 5.90. The molecule has 0 aliphatic heterocycles. The minimum Gasteiger partial charge on any atom is -0.481 e. The van der Waals surface area contributed by atoms with E-state index < -0.39 is 0 Å². The molecule has 0 spiro atoms. The Kier molecular flexibility index (Phi) is 2.78. The van der Waals surface area contributed by atoms with E-state index in [1.165, 1.54) is 6.20 Å². The Hall–Kier alpha value is -1.68. The molecule has 0 aliphatic rings. The predicted molar refractivity (Wildman–Crippen MR) is 56.8 cm³/mol. The second-order valence-electron chi connectivity index (χ2n) is 2.76. The van der Waals surface area contributed by atoms with Gasteiger partial charge in [-0.1, -0.05) is 17.7 Å². The van der Waals surface area contributed by atoms with E-state index in [9.17, 15) is 0 Å². The number of nitrogens with zero attached hydrogens (tertiary/aromatic N) is 3. The summed E-state index contributed by atoms with van der Waals surface area (Å²) in [7, 11) is 1.56. The zero-order valence-corrected chi connectivity index (χ0v) is 8.77. The Morgan fingerprint density at radius 1 is 1.20 bits per heavy atom. The third-order valence-corrected chi connectivity index (χ3v) is 2.11. The van der Waals surface area contributed by atoms with Crippen LogP contribution < -0.4 is 4.74 Å². The molecule has 0 atom stereocenters. The van der Waals surface area contributed by atoms with Gasteiger partial charge in [-0.25, -0.2) is 15.0 Å². The fourth-order valence-corrected chi connectivity index (χ4v) is 1.36. The van der Waals surface area contributed by atoms with E-state index in [0.717, 1.165) is 0 Å². The van der Waals surface area contributed by atoms with Gasteiger partial charge >= 0.3 is 0 Å². The normalized spacial score (nSPS) is 10.0. The molecule has 5 heteroatoms. The van der Waals surface area contributed by atoms with Crippen molar-refractivity contribution >= 4 is 11.6 Å². The minimum absolute atomic E-state index is 0.332. The van der Waals surface area contributed by atoms with Crippen LogP contribution in [0.4, 0.5) is 0 Å². The predicted octanol–water partition coefficient (Wildman–Crippen LogP) is 2.20. The molecule has 0 aromatic carbocycles. The highest BCUT2D eigenvalue weighted by atomic mass is 35.5. The molecule has 0 bridgehead atoms. The summed E-state index contributed by atoms with van der Waals surface area (Å²) in [4.78, 5) is 12.3. The van der Waals surface area contributed by atoms with Crippen LogP contribution in [0.25, 0.3) is 11.4 Å². The molecule has 2 heterocycles. The second-order valence-corrected chi connectivity index (χ2v) is 3.12. The van der Waals surface area contributed by atoms with Crippen LogP contribution in [0.15, 0.2) is 30.6 Å². The fourth-order valence-electron chi connectivity index (χ4n) is 1.15. The number of halogens is 1. The first-order chi connectivity index (χ1) is 7.31. The quantitative estimate of drug-likeness (QED) is 0.780. The fraction of sp³-hybridized carbons (Fsp3) is 0.100. The van der Waals surface area contributed by atoms with Crippen molar-refractivity contribution in [2.75, 3.05) is 7.11 Å². The largest absolute Gasteiger partial charge is 0.481 e. The number of aromatic nitrogens is 3. The summed E-state index contributed by atoms with van der Waals surface area (Å²) in [5, 5.41) is 0.332. The van der Waals surface area contributed by atoms with Gasteiger partial charge in [-0.05, 0) is 6.07 Å². The van der Waals surface area contributed by atoms with Crippen molar-refractivity contribution in [1.29, 1.82) is 0 Å². The zero-order valence-electron chi connectivity index (χ0n) is 8.01. The third-order valence-electron chi connectivity index (χ3n) is 1.83. The first kappa shape index (κ1) is 9.86. The highest BCUT2D eigenvalue weighted by Crippen LogP contribution is 2.22. The molecule has 0 saturated heterocycles. The summed E-state index contributed by atoms with van der Waals surface area (Å²) in [5.74, 6) is 0.522. The molecule has 0 fully saturated rings. The Balaban J connectivity index is 2.49. The van der Waals surface area contributed by atoms with Crippen molar-refractivity contribution in [2.24, 2.45) is 0 Å². The summed E-state index contributed by atoms with van der Waals surface area (Å²) in [6, 6.07) is 5.39. The monoisotopic (exact) mass is 221 g/mol. The van der Waals surface area contributed by atoms with E-state index >= 15 is 0 Å². The molecule has 0 aliphatic carbocycles. The highest BCUT2D eigenvalue weighted by molar-refractivity contribution is 6.31. The summed E-state index contributed by atoms with van der Waals surface area (Å²) in [6.07, 6.45) is 3.11. The number of methoxy groups -OCH3 is 1. The maximum atomic E-state index is 5.90. The van der Waals surface area contributed by atoms with Gasteiger partial charge in [0, 0.05) is 18.5 Å². The van der Waals surface area contributed by atoms with E-state index in [1.807, 2.05) is 6.07 Å². The molecule has 0 amide bonds. The standard InChI is InChI=1S/C10H8ClN3O/c1-15-8-4-2-3-7(14-8)9-10(11)13-6-5-12-9/h2-6H,1H3. The average Bonchev–Trinajstić information content (AvgIpc) is 2.30. The minimum atomic E-state index is 0.332. The molecule has 4 nitrogen and oxygen atoms in total. The summed E-state index contributed by atoms with van der Waals surface area (Å²) in [6.45, 7) is 0. The van der Waals surface area contributed by atoms with E-state index in [4.69, 9.17) is 16.3 Å². The molecule has 0 N–H and O–H groups in total. The first-order valence-electron chi connectivity index (χ1n) is 4.29. The lowest BCUT2D eigenvalue weighted by molar-refractivity contribution is 0.398. The highest BCUT2D eigenvalue weighted by Gasteiger charge is 2.07. The zero-order chi connectivity index (χ0) is 10.7. The number of hydrogen-bond donors (Lipinski definition) is 0. The van der Waals surface area contributed by atoms with Crippen LogP contribution in [-0.4, -0.2) is 22.1 Å². The molecule has 2 rings (SSSR count). The van der Waals surface area contributed by atoms with Gasteiger partial charge in [0.15, 0.2) is 5.15 Å². The van der Waals surface area contributed by atoms with E-state index in [1.54, 1.807) is 25.4 Å². The number of hydrogen-bond acceptors (Lipinski definition) is 4. The number of pyridine rings is 1. The van der Waals surface area contributed by atoms with Gasteiger partial charge < -0.3 is 4.74 Å². The maximum absolute atomic E-state index is 5.90. The molecule has 0 unspecified atom stereocenters. The average molecular weight is 222 g/mol. The molecule has 2 aromatic rings. The van der Waals surface area contributed by atoms with Crippen molar-refractivity contribution in [3.05, 3.63) is 35.7 Å². The number of rotatable bonds is 2. The molecule has 15 heavy (non-hydrogen) atoms. The van der Waals surface area contributed by atoms with Crippen LogP contribution in [0.2, 0.25) is 5.15 Å². The van der Waals surface area contributed by atoms with E-state index in [-0.39, 0.29) is 0 Å². The van der Waals surface area contributed by atoms with Crippen LogP contribution in [0.1, 0.15) is 0 Å². The van der Waals surface area contributed by atoms with Crippen molar-refractivity contribution in [1.82, 2.24) is 15.0 Å². The van der Waals surface area contributed by atoms with Crippen LogP contribution in [0, 0.1) is 0 Å². The second kappa shape index (κ2) is 4.23. The number of ether oxygens (including phenoxy) is 1. The summed E-state index contributed by atoms with van der Waals surface area (Å²) in [5.41, 5.74) is 1.20. The van der Waals surface area contributed by atoms with Gasteiger partial charge in [0.1, 0.15) is 5.69 Å². The topological polar surface area (TPSA) is 47.9 Å². The van der Waals surface area contributed by atoms with Crippen LogP contribution in [0.5, 0.6) is 5.88 Å².